The summed E-state index contributed by atoms with van der Waals surface area (Å²) in [6.45, 7) is 2.03. The summed E-state index contributed by atoms with van der Waals surface area (Å²) in [5.74, 6) is 0.00424. The molecule has 1 N–H and O–H groups in total. The molecule has 3 amide bonds. The Hall–Kier alpha value is -3.55. The molecule has 5 rings (SSSR count). The van der Waals surface area contributed by atoms with Crippen LogP contribution in [0.4, 0.5) is 9.18 Å². The SMILES string of the molecule is CCc1ccc(-c2noc(C3CCC4C(=O)N(Cc5ccccc5F)C(=O)NC4C3)n2)cc1. The Kier molecular flexibility index (Phi) is 5.66. The van der Waals surface area contributed by atoms with Gasteiger partial charge in [0.05, 0.1) is 12.5 Å². The standard InChI is InChI=1S/C25H25FN4O3/c1-2-15-7-9-16(10-8-15)22-28-23(33-29-22)17-11-12-19-21(13-17)27-25(32)30(24(19)31)14-18-5-3-4-6-20(18)26/h3-10,17,19,21H,2,11-14H2,1H3,(H,27,32). The number of hydrogen-bond donors (Lipinski definition) is 1. The molecule has 170 valence electrons. The third kappa shape index (κ3) is 4.13. The maximum absolute atomic E-state index is 14.0. The van der Waals surface area contributed by atoms with Crippen molar-refractivity contribution < 1.29 is 18.5 Å². The maximum atomic E-state index is 14.0. The second kappa shape index (κ2) is 8.77. The lowest BCUT2D eigenvalue weighted by Gasteiger charge is -2.41. The lowest BCUT2D eigenvalue weighted by atomic mass is 9.76. The fourth-order valence-electron chi connectivity index (χ4n) is 4.74. The summed E-state index contributed by atoms with van der Waals surface area (Å²) in [5.41, 5.74) is 2.45. The van der Waals surface area contributed by atoms with Crippen LogP contribution in [-0.2, 0) is 17.8 Å². The second-order valence-electron chi connectivity index (χ2n) is 8.69. The van der Waals surface area contributed by atoms with Crippen molar-refractivity contribution in [1.82, 2.24) is 20.4 Å². The van der Waals surface area contributed by atoms with Crippen molar-refractivity contribution in [3.63, 3.8) is 0 Å². The van der Waals surface area contributed by atoms with Crippen molar-refractivity contribution in [2.45, 2.75) is 51.1 Å². The summed E-state index contributed by atoms with van der Waals surface area (Å²) in [5, 5.41) is 7.08. The summed E-state index contributed by atoms with van der Waals surface area (Å²) in [6.07, 6.45) is 2.80. The van der Waals surface area contributed by atoms with Gasteiger partial charge in [-0.2, -0.15) is 4.98 Å². The number of aryl methyl sites for hydroxylation is 1. The summed E-state index contributed by atoms with van der Waals surface area (Å²) >= 11 is 0. The van der Waals surface area contributed by atoms with Crippen molar-refractivity contribution >= 4 is 11.9 Å². The third-order valence-electron chi connectivity index (χ3n) is 6.69. The van der Waals surface area contributed by atoms with Gasteiger partial charge in [-0.3, -0.25) is 9.69 Å². The van der Waals surface area contributed by atoms with Crippen LogP contribution in [0, 0.1) is 11.7 Å². The van der Waals surface area contributed by atoms with E-state index in [-0.39, 0.29) is 30.3 Å². The Labute approximate surface area is 191 Å². The van der Waals surface area contributed by atoms with Gasteiger partial charge in [-0.05, 0) is 37.3 Å². The normalized spacial score (nSPS) is 22.7. The Morgan fingerprint density at radius 1 is 1.12 bits per heavy atom. The minimum Gasteiger partial charge on any atom is -0.339 e. The summed E-state index contributed by atoms with van der Waals surface area (Å²) in [7, 11) is 0. The highest BCUT2D eigenvalue weighted by molar-refractivity contribution is 5.98. The number of nitrogens with zero attached hydrogens (tertiary/aromatic N) is 3. The molecule has 3 unspecified atom stereocenters. The molecule has 0 bridgehead atoms. The number of benzene rings is 2. The number of rotatable bonds is 5. The largest absolute Gasteiger partial charge is 0.339 e. The van der Waals surface area contributed by atoms with Gasteiger partial charge in [-0.15, -0.1) is 0 Å². The molecule has 1 saturated heterocycles. The zero-order valence-electron chi connectivity index (χ0n) is 18.3. The lowest BCUT2D eigenvalue weighted by molar-refractivity contribution is -0.137. The van der Waals surface area contributed by atoms with E-state index in [1.165, 1.54) is 11.6 Å². The van der Waals surface area contributed by atoms with E-state index in [0.29, 0.717) is 36.5 Å². The first kappa shape index (κ1) is 21.3. The first-order valence-electron chi connectivity index (χ1n) is 11.3. The van der Waals surface area contributed by atoms with Crippen molar-refractivity contribution in [3.05, 3.63) is 71.4 Å². The van der Waals surface area contributed by atoms with Gasteiger partial charge >= 0.3 is 6.03 Å². The summed E-state index contributed by atoms with van der Waals surface area (Å²) in [6, 6.07) is 13.4. The molecular weight excluding hydrogens is 423 g/mol. The third-order valence-corrected chi connectivity index (χ3v) is 6.69. The van der Waals surface area contributed by atoms with Crippen molar-refractivity contribution in [3.8, 4) is 11.4 Å². The Bertz CT molecular complexity index is 1180. The van der Waals surface area contributed by atoms with Gasteiger partial charge in [0.1, 0.15) is 5.82 Å². The van der Waals surface area contributed by atoms with E-state index in [1.54, 1.807) is 18.2 Å². The zero-order valence-corrected chi connectivity index (χ0v) is 18.3. The van der Waals surface area contributed by atoms with Gasteiger partial charge in [0, 0.05) is 23.1 Å². The number of carbonyl (C=O) groups is 2. The average molecular weight is 448 g/mol. The molecule has 33 heavy (non-hydrogen) atoms. The maximum Gasteiger partial charge on any atom is 0.324 e. The van der Waals surface area contributed by atoms with Gasteiger partial charge in [0.2, 0.25) is 17.6 Å². The van der Waals surface area contributed by atoms with Crippen LogP contribution in [0.25, 0.3) is 11.4 Å². The predicted molar refractivity (Wildman–Crippen MR) is 118 cm³/mol. The van der Waals surface area contributed by atoms with E-state index in [2.05, 4.69) is 22.4 Å². The highest BCUT2D eigenvalue weighted by atomic mass is 19.1. The first-order chi connectivity index (χ1) is 16.0. The molecule has 1 aliphatic heterocycles. The summed E-state index contributed by atoms with van der Waals surface area (Å²) < 4.78 is 19.6. The van der Waals surface area contributed by atoms with Crippen molar-refractivity contribution in [2.24, 2.45) is 5.92 Å². The molecule has 1 aromatic heterocycles. The highest BCUT2D eigenvalue weighted by Crippen LogP contribution is 2.38. The van der Waals surface area contributed by atoms with E-state index in [4.69, 9.17) is 4.52 Å². The van der Waals surface area contributed by atoms with E-state index in [1.807, 2.05) is 24.3 Å². The van der Waals surface area contributed by atoms with Crippen molar-refractivity contribution in [2.75, 3.05) is 0 Å². The molecule has 2 heterocycles. The smallest absolute Gasteiger partial charge is 0.324 e. The van der Waals surface area contributed by atoms with Gasteiger partial charge in [-0.25, -0.2) is 9.18 Å². The van der Waals surface area contributed by atoms with E-state index >= 15 is 0 Å². The van der Waals surface area contributed by atoms with Crippen LogP contribution >= 0.6 is 0 Å². The fourth-order valence-corrected chi connectivity index (χ4v) is 4.74. The number of amides is 3. The number of fused-ring (bicyclic) bond motifs is 1. The molecule has 0 spiro atoms. The number of halogens is 1. The number of nitrogens with one attached hydrogen (secondary N) is 1. The molecule has 8 heteroatoms. The average Bonchev–Trinajstić information content (AvgIpc) is 3.33. The van der Waals surface area contributed by atoms with Crippen LogP contribution in [0.5, 0.6) is 0 Å². The molecule has 3 atom stereocenters. The van der Waals surface area contributed by atoms with Crippen molar-refractivity contribution in [1.29, 1.82) is 0 Å². The van der Waals surface area contributed by atoms with Gasteiger partial charge < -0.3 is 9.84 Å². The van der Waals surface area contributed by atoms with Crippen LogP contribution in [0.15, 0.2) is 53.1 Å². The van der Waals surface area contributed by atoms with E-state index < -0.39 is 11.8 Å². The predicted octanol–water partition coefficient (Wildman–Crippen LogP) is 4.44. The Morgan fingerprint density at radius 3 is 2.67 bits per heavy atom. The molecule has 2 aliphatic rings. The lowest BCUT2D eigenvalue weighted by Crippen LogP contribution is -2.61. The molecule has 1 saturated carbocycles. The monoisotopic (exact) mass is 448 g/mol. The minimum absolute atomic E-state index is 0.0337. The van der Waals surface area contributed by atoms with E-state index in [0.717, 1.165) is 16.9 Å². The first-order valence-corrected chi connectivity index (χ1v) is 11.3. The molecule has 2 aromatic carbocycles. The molecule has 2 fully saturated rings. The second-order valence-corrected chi connectivity index (χ2v) is 8.69. The van der Waals surface area contributed by atoms with Gasteiger partial charge in [-0.1, -0.05) is 54.5 Å². The quantitative estimate of drug-likeness (QED) is 0.623. The van der Waals surface area contributed by atoms with Gasteiger partial charge in [0.15, 0.2) is 0 Å². The Balaban J connectivity index is 1.27. The van der Waals surface area contributed by atoms with Crippen LogP contribution in [0.3, 0.4) is 0 Å². The molecule has 1 aliphatic carbocycles. The van der Waals surface area contributed by atoms with Crippen LogP contribution in [0.2, 0.25) is 0 Å². The number of urea groups is 1. The number of hydrogen-bond acceptors (Lipinski definition) is 5. The number of aromatic nitrogens is 2. The number of imide groups is 1. The van der Waals surface area contributed by atoms with Crippen LogP contribution in [0.1, 0.15) is 49.1 Å². The molecular formula is C25H25FN4O3. The van der Waals surface area contributed by atoms with Gasteiger partial charge in [0.25, 0.3) is 0 Å². The Morgan fingerprint density at radius 2 is 1.91 bits per heavy atom. The zero-order chi connectivity index (χ0) is 22.9. The van der Waals surface area contributed by atoms with Crippen LogP contribution < -0.4 is 5.32 Å². The highest BCUT2D eigenvalue weighted by Gasteiger charge is 2.45. The molecule has 7 nitrogen and oxygen atoms in total. The molecule has 0 radical (unpaired) electrons. The summed E-state index contributed by atoms with van der Waals surface area (Å²) in [4.78, 5) is 31.4. The molecule has 3 aromatic rings. The van der Waals surface area contributed by atoms with E-state index in [9.17, 15) is 14.0 Å². The minimum atomic E-state index is -0.493. The topological polar surface area (TPSA) is 88.3 Å². The number of carbonyl (C=O) groups excluding carboxylic acids is 2. The van der Waals surface area contributed by atoms with Crippen LogP contribution in [-0.4, -0.2) is 33.0 Å². The fraction of sp³-hybridized carbons (Fsp3) is 0.360.